The second-order valence-electron chi connectivity index (χ2n) is 4.46. The van der Waals surface area contributed by atoms with Gasteiger partial charge in [0.1, 0.15) is 5.82 Å². The highest BCUT2D eigenvalue weighted by Gasteiger charge is 2.16. The van der Waals surface area contributed by atoms with Crippen molar-refractivity contribution in [3.05, 3.63) is 52.0 Å². The molecule has 2 aromatic rings. The zero-order valence-electron chi connectivity index (χ0n) is 11.0. The van der Waals surface area contributed by atoms with Gasteiger partial charge in [-0.3, -0.25) is 4.68 Å². The summed E-state index contributed by atoms with van der Waals surface area (Å²) in [5.74, 6) is -0.179. The van der Waals surface area contributed by atoms with Crippen LogP contribution < -0.4 is 5.32 Å². The Kier molecular flexibility index (Phi) is 4.71. The highest BCUT2D eigenvalue weighted by molar-refractivity contribution is 9.10. The fourth-order valence-electron chi connectivity index (χ4n) is 2.07. The van der Waals surface area contributed by atoms with Crippen LogP contribution in [0.4, 0.5) is 4.39 Å². The number of halogens is 2. The molecule has 1 N–H and O–H groups in total. The summed E-state index contributed by atoms with van der Waals surface area (Å²) in [6.45, 7) is 2.85. The summed E-state index contributed by atoms with van der Waals surface area (Å²) in [7, 11) is 1.88. The van der Waals surface area contributed by atoms with Gasteiger partial charge in [-0.15, -0.1) is 0 Å². The maximum Gasteiger partial charge on any atom is 0.126 e. The van der Waals surface area contributed by atoms with Gasteiger partial charge < -0.3 is 5.32 Å². The molecule has 0 aliphatic heterocycles. The molecule has 0 aliphatic rings. The number of aryl methyl sites for hydroxylation is 1. The number of rotatable bonds is 5. The molecule has 1 aromatic heterocycles. The molecule has 1 unspecified atom stereocenters. The number of aromatic nitrogens is 2. The molecular formula is C14H17BrFN3. The number of nitrogens with zero attached hydrogens (tertiary/aromatic N) is 2. The standard InChI is InChI=1S/C14H17BrFN3/c1-3-17-14(13-6-7-19(2)18-13)9-10-8-11(15)4-5-12(10)16/h4-8,14,17H,3,9H2,1-2H3. The first-order valence-corrected chi connectivity index (χ1v) is 7.06. The Morgan fingerprint density at radius 3 is 2.84 bits per heavy atom. The molecule has 5 heteroatoms. The molecule has 3 nitrogen and oxygen atoms in total. The van der Waals surface area contributed by atoms with Gasteiger partial charge in [0.15, 0.2) is 0 Å². The molecule has 0 aliphatic carbocycles. The third-order valence-electron chi connectivity index (χ3n) is 2.97. The van der Waals surface area contributed by atoms with Crippen molar-refractivity contribution in [3.63, 3.8) is 0 Å². The maximum absolute atomic E-state index is 13.8. The lowest BCUT2D eigenvalue weighted by Crippen LogP contribution is -2.24. The van der Waals surface area contributed by atoms with Crippen LogP contribution in [0.3, 0.4) is 0 Å². The Bertz CT molecular complexity index is 553. The monoisotopic (exact) mass is 325 g/mol. The predicted octanol–water partition coefficient (Wildman–Crippen LogP) is 3.22. The van der Waals surface area contributed by atoms with Crippen molar-refractivity contribution in [2.24, 2.45) is 7.05 Å². The first-order chi connectivity index (χ1) is 9.10. The van der Waals surface area contributed by atoms with Crippen LogP contribution in [-0.2, 0) is 13.5 Å². The van der Waals surface area contributed by atoms with Crippen molar-refractivity contribution >= 4 is 15.9 Å². The summed E-state index contributed by atoms with van der Waals surface area (Å²) in [5, 5.41) is 7.75. The van der Waals surface area contributed by atoms with Crippen LogP contribution in [0.5, 0.6) is 0 Å². The minimum atomic E-state index is -0.179. The SMILES string of the molecule is CCNC(Cc1cc(Br)ccc1F)c1ccn(C)n1. The van der Waals surface area contributed by atoms with Gasteiger partial charge in [0.05, 0.1) is 11.7 Å². The largest absolute Gasteiger partial charge is 0.309 e. The van der Waals surface area contributed by atoms with Crippen LogP contribution >= 0.6 is 15.9 Å². The average Bonchev–Trinajstić information content (AvgIpc) is 2.80. The molecule has 0 spiro atoms. The van der Waals surface area contributed by atoms with E-state index in [-0.39, 0.29) is 11.9 Å². The first kappa shape index (κ1) is 14.2. The second kappa shape index (κ2) is 6.30. The minimum absolute atomic E-state index is 0.0231. The van der Waals surface area contributed by atoms with E-state index in [1.807, 2.05) is 32.3 Å². The number of hydrogen-bond donors (Lipinski definition) is 1. The fourth-order valence-corrected chi connectivity index (χ4v) is 2.47. The van der Waals surface area contributed by atoms with Gasteiger partial charge in [-0.25, -0.2) is 4.39 Å². The van der Waals surface area contributed by atoms with Gasteiger partial charge >= 0.3 is 0 Å². The van der Waals surface area contributed by atoms with E-state index in [4.69, 9.17) is 0 Å². The third kappa shape index (κ3) is 3.64. The molecular weight excluding hydrogens is 309 g/mol. The Morgan fingerprint density at radius 1 is 1.42 bits per heavy atom. The van der Waals surface area contributed by atoms with E-state index in [0.29, 0.717) is 12.0 Å². The van der Waals surface area contributed by atoms with Crippen LogP contribution in [-0.4, -0.2) is 16.3 Å². The smallest absolute Gasteiger partial charge is 0.126 e. The van der Waals surface area contributed by atoms with Gasteiger partial charge in [-0.1, -0.05) is 22.9 Å². The lowest BCUT2D eigenvalue weighted by atomic mass is 10.0. The number of nitrogens with one attached hydrogen (secondary N) is 1. The van der Waals surface area contributed by atoms with E-state index in [0.717, 1.165) is 16.7 Å². The van der Waals surface area contributed by atoms with Gasteiger partial charge in [0.2, 0.25) is 0 Å². The van der Waals surface area contributed by atoms with Crippen molar-refractivity contribution in [1.82, 2.24) is 15.1 Å². The normalized spacial score (nSPS) is 12.6. The van der Waals surface area contributed by atoms with Crippen molar-refractivity contribution in [2.75, 3.05) is 6.54 Å². The highest BCUT2D eigenvalue weighted by atomic mass is 79.9. The highest BCUT2D eigenvalue weighted by Crippen LogP contribution is 2.22. The van der Waals surface area contributed by atoms with E-state index in [9.17, 15) is 4.39 Å². The maximum atomic E-state index is 13.8. The summed E-state index contributed by atoms with van der Waals surface area (Å²) >= 11 is 3.38. The van der Waals surface area contributed by atoms with E-state index in [1.54, 1.807) is 10.7 Å². The molecule has 0 saturated heterocycles. The number of likely N-dealkylation sites (N-methyl/N-ethyl adjacent to an activating group) is 1. The lowest BCUT2D eigenvalue weighted by Gasteiger charge is -2.16. The third-order valence-corrected chi connectivity index (χ3v) is 3.47. The summed E-state index contributed by atoms with van der Waals surface area (Å²) in [6.07, 6.45) is 2.48. The predicted molar refractivity (Wildman–Crippen MR) is 77.4 cm³/mol. The molecule has 1 aromatic carbocycles. The van der Waals surface area contributed by atoms with Gasteiger partial charge in [-0.05, 0) is 42.8 Å². The van der Waals surface area contributed by atoms with Crippen LogP contribution in [0.2, 0.25) is 0 Å². The number of hydrogen-bond acceptors (Lipinski definition) is 2. The molecule has 0 bridgehead atoms. The average molecular weight is 326 g/mol. The Balaban J connectivity index is 2.23. The van der Waals surface area contributed by atoms with E-state index in [1.165, 1.54) is 6.07 Å². The van der Waals surface area contributed by atoms with Gasteiger partial charge in [0, 0.05) is 17.7 Å². The topological polar surface area (TPSA) is 29.9 Å². The molecule has 0 amide bonds. The zero-order valence-corrected chi connectivity index (χ0v) is 12.6. The second-order valence-corrected chi connectivity index (χ2v) is 5.38. The fraction of sp³-hybridized carbons (Fsp3) is 0.357. The van der Waals surface area contributed by atoms with Crippen LogP contribution in [0.15, 0.2) is 34.9 Å². The summed E-state index contributed by atoms with van der Waals surface area (Å²) in [4.78, 5) is 0. The lowest BCUT2D eigenvalue weighted by molar-refractivity contribution is 0.511. The first-order valence-electron chi connectivity index (χ1n) is 6.27. The molecule has 0 radical (unpaired) electrons. The zero-order chi connectivity index (χ0) is 13.8. The van der Waals surface area contributed by atoms with Crippen molar-refractivity contribution in [2.45, 2.75) is 19.4 Å². The molecule has 1 atom stereocenters. The molecule has 2 rings (SSSR count). The Labute approximate surface area is 121 Å². The molecule has 102 valence electrons. The van der Waals surface area contributed by atoms with Gasteiger partial charge in [-0.2, -0.15) is 5.10 Å². The summed E-state index contributed by atoms with van der Waals surface area (Å²) < 4.78 is 16.5. The minimum Gasteiger partial charge on any atom is -0.309 e. The van der Waals surface area contributed by atoms with E-state index < -0.39 is 0 Å². The summed E-state index contributed by atoms with van der Waals surface area (Å²) in [5.41, 5.74) is 1.62. The van der Waals surface area contributed by atoms with Crippen molar-refractivity contribution < 1.29 is 4.39 Å². The van der Waals surface area contributed by atoms with Crippen molar-refractivity contribution in [1.29, 1.82) is 0 Å². The number of benzene rings is 1. The Morgan fingerprint density at radius 2 is 2.21 bits per heavy atom. The summed E-state index contributed by atoms with van der Waals surface area (Å²) in [6, 6.07) is 7.00. The Hall–Kier alpha value is -1.20. The van der Waals surface area contributed by atoms with E-state index >= 15 is 0 Å². The van der Waals surface area contributed by atoms with Crippen LogP contribution in [0.1, 0.15) is 24.2 Å². The van der Waals surface area contributed by atoms with Crippen molar-refractivity contribution in [3.8, 4) is 0 Å². The molecule has 0 fully saturated rings. The van der Waals surface area contributed by atoms with Gasteiger partial charge in [0.25, 0.3) is 0 Å². The van der Waals surface area contributed by atoms with E-state index in [2.05, 4.69) is 26.3 Å². The van der Waals surface area contributed by atoms with Crippen LogP contribution in [0.25, 0.3) is 0 Å². The molecule has 1 heterocycles. The van der Waals surface area contributed by atoms with Crippen LogP contribution in [0, 0.1) is 5.82 Å². The molecule has 19 heavy (non-hydrogen) atoms. The molecule has 0 saturated carbocycles. The quantitative estimate of drug-likeness (QED) is 0.914.